The zero-order valence-corrected chi connectivity index (χ0v) is 19.6. The lowest BCUT2D eigenvalue weighted by Crippen LogP contribution is -2.38. The Hall–Kier alpha value is -2.44. The molecular weight excluding hydrogens is 394 g/mol. The van der Waals surface area contributed by atoms with Gasteiger partial charge in [-0.1, -0.05) is 37.3 Å². The van der Waals surface area contributed by atoms with Crippen molar-refractivity contribution in [1.82, 2.24) is 9.88 Å². The number of anilines is 1. The smallest absolute Gasteiger partial charge is 0.260 e. The zero-order chi connectivity index (χ0) is 21.8. The molecule has 0 unspecified atom stereocenters. The van der Waals surface area contributed by atoms with E-state index in [9.17, 15) is 4.79 Å². The Morgan fingerprint density at radius 3 is 2.33 bits per heavy atom. The fourth-order valence-corrected chi connectivity index (χ4v) is 4.55. The number of thiazole rings is 1. The maximum atomic E-state index is 13.6. The second kappa shape index (κ2) is 9.58. The fourth-order valence-electron chi connectivity index (χ4n) is 3.47. The molecule has 30 heavy (non-hydrogen) atoms. The Kier molecular flexibility index (Phi) is 7.10. The van der Waals surface area contributed by atoms with Crippen molar-refractivity contribution in [3.05, 3.63) is 52.6 Å². The monoisotopic (exact) mass is 425 g/mol. The zero-order valence-electron chi connectivity index (χ0n) is 18.8. The van der Waals surface area contributed by atoms with Crippen molar-refractivity contribution >= 4 is 32.6 Å². The van der Waals surface area contributed by atoms with Crippen LogP contribution in [0.3, 0.4) is 0 Å². The van der Waals surface area contributed by atoms with Gasteiger partial charge in [0.1, 0.15) is 11.3 Å². The first-order chi connectivity index (χ1) is 14.4. The Bertz CT molecular complexity index is 1040. The van der Waals surface area contributed by atoms with Crippen molar-refractivity contribution in [3.63, 3.8) is 0 Å². The molecular formula is C24H31N3O2S. The van der Waals surface area contributed by atoms with Gasteiger partial charge in [-0.25, -0.2) is 4.98 Å². The molecule has 0 saturated carbocycles. The number of amides is 1. The van der Waals surface area contributed by atoms with E-state index in [2.05, 4.69) is 32.6 Å². The Morgan fingerprint density at radius 1 is 1.00 bits per heavy atom. The van der Waals surface area contributed by atoms with Crippen LogP contribution in [0.2, 0.25) is 0 Å². The molecule has 3 aromatic rings. The first-order valence-corrected chi connectivity index (χ1v) is 11.3. The quantitative estimate of drug-likeness (QED) is 0.496. The van der Waals surface area contributed by atoms with Crippen LogP contribution in [0.1, 0.15) is 40.9 Å². The van der Waals surface area contributed by atoms with Crippen LogP contribution in [0, 0.1) is 20.8 Å². The maximum Gasteiger partial charge on any atom is 0.260 e. The van der Waals surface area contributed by atoms with Gasteiger partial charge in [-0.3, -0.25) is 9.69 Å². The van der Waals surface area contributed by atoms with Gasteiger partial charge in [0.25, 0.3) is 5.91 Å². The average molecular weight is 426 g/mol. The van der Waals surface area contributed by atoms with Crippen LogP contribution in [-0.4, -0.2) is 49.1 Å². The lowest BCUT2D eigenvalue weighted by Gasteiger charge is -2.25. The molecule has 1 aromatic heterocycles. The number of benzene rings is 2. The van der Waals surface area contributed by atoms with Crippen LogP contribution in [0.5, 0.6) is 5.75 Å². The largest absolute Gasteiger partial charge is 0.494 e. The van der Waals surface area contributed by atoms with Gasteiger partial charge in [0.2, 0.25) is 0 Å². The van der Waals surface area contributed by atoms with Gasteiger partial charge in [0.15, 0.2) is 5.13 Å². The molecule has 0 aliphatic heterocycles. The van der Waals surface area contributed by atoms with Gasteiger partial charge < -0.3 is 9.64 Å². The summed E-state index contributed by atoms with van der Waals surface area (Å²) < 4.78 is 6.58. The Morgan fingerprint density at radius 2 is 1.70 bits per heavy atom. The number of carbonyl (C=O) groups excluding carboxylic acids is 1. The molecule has 1 heterocycles. The van der Waals surface area contributed by atoms with Crippen molar-refractivity contribution in [1.29, 1.82) is 0 Å². The molecule has 0 saturated heterocycles. The first-order valence-electron chi connectivity index (χ1n) is 10.4. The Labute approximate surface area is 183 Å². The van der Waals surface area contributed by atoms with Gasteiger partial charge in [0, 0.05) is 18.7 Å². The van der Waals surface area contributed by atoms with Gasteiger partial charge in [-0.15, -0.1) is 0 Å². The molecule has 0 bridgehead atoms. The van der Waals surface area contributed by atoms with Crippen LogP contribution >= 0.6 is 11.3 Å². The summed E-state index contributed by atoms with van der Waals surface area (Å²) >= 11 is 1.55. The maximum absolute atomic E-state index is 13.6. The highest BCUT2D eigenvalue weighted by atomic mass is 32.1. The minimum atomic E-state index is -0.0130. The molecule has 6 heteroatoms. The van der Waals surface area contributed by atoms with E-state index in [1.165, 1.54) is 5.56 Å². The minimum absolute atomic E-state index is 0.0130. The summed E-state index contributed by atoms with van der Waals surface area (Å²) in [6.45, 7) is 13.8. The van der Waals surface area contributed by atoms with Crippen LogP contribution in [0.25, 0.3) is 10.2 Å². The van der Waals surface area contributed by atoms with Crippen LogP contribution in [0.15, 0.2) is 30.3 Å². The van der Waals surface area contributed by atoms with Crippen LogP contribution in [-0.2, 0) is 0 Å². The summed E-state index contributed by atoms with van der Waals surface area (Å²) in [6, 6.07) is 9.87. The van der Waals surface area contributed by atoms with E-state index in [0.717, 1.165) is 46.7 Å². The molecule has 0 aliphatic rings. The summed E-state index contributed by atoms with van der Waals surface area (Å²) in [4.78, 5) is 22.5. The second-order valence-electron chi connectivity index (χ2n) is 7.54. The number of aryl methyl sites for hydroxylation is 3. The topological polar surface area (TPSA) is 45.7 Å². The number of methoxy groups -OCH3 is 1. The molecule has 0 aliphatic carbocycles. The summed E-state index contributed by atoms with van der Waals surface area (Å²) in [5, 5.41) is 0.716. The van der Waals surface area contributed by atoms with E-state index >= 15 is 0 Å². The van der Waals surface area contributed by atoms with Crippen molar-refractivity contribution in [2.45, 2.75) is 34.6 Å². The minimum Gasteiger partial charge on any atom is -0.494 e. The third-order valence-electron chi connectivity index (χ3n) is 5.68. The fraction of sp³-hybridized carbons (Fsp3) is 0.417. The van der Waals surface area contributed by atoms with E-state index in [-0.39, 0.29) is 5.91 Å². The summed E-state index contributed by atoms with van der Waals surface area (Å²) in [7, 11) is 1.65. The predicted molar refractivity (Wildman–Crippen MR) is 126 cm³/mol. The lowest BCUT2D eigenvalue weighted by molar-refractivity contribution is 0.0983. The number of nitrogens with zero attached hydrogens (tertiary/aromatic N) is 3. The highest BCUT2D eigenvalue weighted by molar-refractivity contribution is 7.22. The predicted octanol–water partition coefficient (Wildman–Crippen LogP) is 5.22. The van der Waals surface area contributed by atoms with Crippen molar-refractivity contribution in [3.8, 4) is 5.75 Å². The summed E-state index contributed by atoms with van der Waals surface area (Å²) in [5.41, 5.74) is 4.95. The molecule has 0 N–H and O–H groups in total. The first kappa shape index (κ1) is 22.2. The average Bonchev–Trinajstić information content (AvgIpc) is 3.19. The molecule has 0 spiro atoms. The van der Waals surface area contributed by atoms with Gasteiger partial charge in [-0.2, -0.15) is 0 Å². The van der Waals surface area contributed by atoms with Gasteiger partial charge in [-0.05, 0) is 68.8 Å². The van der Waals surface area contributed by atoms with Crippen molar-refractivity contribution < 1.29 is 9.53 Å². The molecule has 1 amide bonds. The number of aromatic nitrogens is 1. The number of hydrogen-bond donors (Lipinski definition) is 0. The third kappa shape index (κ3) is 4.50. The number of rotatable bonds is 8. The molecule has 0 radical (unpaired) electrons. The van der Waals surface area contributed by atoms with Crippen LogP contribution < -0.4 is 9.64 Å². The highest BCUT2D eigenvalue weighted by Gasteiger charge is 2.23. The van der Waals surface area contributed by atoms with E-state index in [1.807, 2.05) is 42.2 Å². The normalized spacial score (nSPS) is 11.3. The molecule has 0 fully saturated rings. The van der Waals surface area contributed by atoms with Gasteiger partial charge in [0.05, 0.1) is 11.8 Å². The van der Waals surface area contributed by atoms with E-state index < -0.39 is 0 Å². The standard InChI is InChI=1S/C24H31N3O2S/c1-7-26(8-2)13-14-27(23(28)19-11-9-16(3)18(5)15-19)24-25-21-20(29-6)12-10-17(4)22(21)30-24/h9-12,15H,7-8,13-14H2,1-6H3. The lowest BCUT2D eigenvalue weighted by atomic mass is 10.1. The number of hydrogen-bond acceptors (Lipinski definition) is 5. The third-order valence-corrected chi connectivity index (χ3v) is 6.89. The van der Waals surface area contributed by atoms with E-state index in [0.29, 0.717) is 17.2 Å². The second-order valence-corrected chi connectivity index (χ2v) is 8.52. The molecule has 2 aromatic carbocycles. The number of fused-ring (bicyclic) bond motifs is 1. The summed E-state index contributed by atoms with van der Waals surface area (Å²) in [5.74, 6) is 0.723. The Balaban J connectivity index is 2.04. The number of ether oxygens (including phenoxy) is 1. The van der Waals surface area contributed by atoms with Crippen molar-refractivity contribution in [2.24, 2.45) is 0 Å². The molecule has 0 atom stereocenters. The van der Waals surface area contributed by atoms with Crippen LogP contribution in [0.4, 0.5) is 5.13 Å². The molecule has 160 valence electrons. The number of likely N-dealkylation sites (N-methyl/N-ethyl adjacent to an activating group) is 1. The SMILES string of the molecule is CCN(CC)CCN(C(=O)c1ccc(C)c(C)c1)c1nc2c(OC)ccc(C)c2s1. The molecule has 3 rings (SSSR count). The highest BCUT2D eigenvalue weighted by Crippen LogP contribution is 2.36. The van der Waals surface area contributed by atoms with Crippen molar-refractivity contribution in [2.75, 3.05) is 38.2 Å². The van der Waals surface area contributed by atoms with Gasteiger partial charge >= 0.3 is 0 Å². The van der Waals surface area contributed by atoms with E-state index in [1.54, 1.807) is 18.4 Å². The summed E-state index contributed by atoms with van der Waals surface area (Å²) in [6.07, 6.45) is 0. The van der Waals surface area contributed by atoms with E-state index in [4.69, 9.17) is 9.72 Å². The molecule has 5 nitrogen and oxygen atoms in total. The number of carbonyl (C=O) groups is 1.